The fraction of sp³-hybridized carbons (Fsp3) is 0.438. The normalized spacial score (nSPS) is 12.2. The molecule has 0 aliphatic rings. The van der Waals surface area contributed by atoms with Gasteiger partial charge >= 0.3 is 0 Å². The van der Waals surface area contributed by atoms with Gasteiger partial charge in [-0.3, -0.25) is 4.68 Å². The average Bonchev–Trinajstić information content (AvgIpc) is 2.75. The highest BCUT2D eigenvalue weighted by atomic mass is 16.5. The van der Waals surface area contributed by atoms with Crippen molar-refractivity contribution in [2.75, 3.05) is 11.1 Å². The molecule has 21 heavy (non-hydrogen) atoms. The van der Waals surface area contributed by atoms with Crippen molar-refractivity contribution in [1.29, 1.82) is 0 Å². The molecule has 0 spiro atoms. The second-order valence-corrected chi connectivity index (χ2v) is 5.18. The van der Waals surface area contributed by atoms with Gasteiger partial charge in [0.25, 0.3) is 0 Å². The Kier molecular flexibility index (Phi) is 4.73. The third-order valence-electron chi connectivity index (χ3n) is 3.50. The van der Waals surface area contributed by atoms with E-state index in [9.17, 15) is 0 Å². The van der Waals surface area contributed by atoms with Crippen LogP contribution in [0.25, 0.3) is 0 Å². The molecule has 0 saturated carbocycles. The molecular weight excluding hydrogens is 264 g/mol. The van der Waals surface area contributed by atoms with Crippen LogP contribution in [-0.2, 0) is 13.5 Å². The number of aryl methyl sites for hydroxylation is 2. The number of nitrogens with two attached hydrogens (primary N) is 1. The van der Waals surface area contributed by atoms with Crippen LogP contribution in [0, 0.1) is 0 Å². The Morgan fingerprint density at radius 1 is 1.38 bits per heavy atom. The predicted molar refractivity (Wildman–Crippen MR) is 87.1 cm³/mol. The SMILES string of the molecule is CCc1nn(C)c(Nc2cccc(OC(C)CC)c2)c1N. The van der Waals surface area contributed by atoms with Crippen LogP contribution in [0.15, 0.2) is 24.3 Å². The molecule has 3 N–H and O–H groups in total. The van der Waals surface area contributed by atoms with Crippen LogP contribution in [0.3, 0.4) is 0 Å². The van der Waals surface area contributed by atoms with E-state index in [1.54, 1.807) is 4.68 Å². The highest BCUT2D eigenvalue weighted by Gasteiger charge is 2.12. The lowest BCUT2D eigenvalue weighted by Gasteiger charge is -2.14. The molecule has 1 atom stereocenters. The monoisotopic (exact) mass is 288 g/mol. The minimum atomic E-state index is 0.203. The summed E-state index contributed by atoms with van der Waals surface area (Å²) in [5.74, 6) is 1.67. The van der Waals surface area contributed by atoms with Gasteiger partial charge in [0.05, 0.1) is 17.5 Å². The number of anilines is 3. The zero-order chi connectivity index (χ0) is 15.4. The van der Waals surface area contributed by atoms with Crippen molar-refractivity contribution in [2.45, 2.75) is 39.7 Å². The Balaban J connectivity index is 2.20. The first-order valence-electron chi connectivity index (χ1n) is 7.40. The van der Waals surface area contributed by atoms with Crippen molar-refractivity contribution in [3.8, 4) is 5.75 Å². The van der Waals surface area contributed by atoms with Crippen LogP contribution in [0.2, 0.25) is 0 Å². The summed E-state index contributed by atoms with van der Waals surface area (Å²) >= 11 is 0. The molecule has 0 aliphatic carbocycles. The van der Waals surface area contributed by atoms with E-state index in [2.05, 4.69) is 24.3 Å². The van der Waals surface area contributed by atoms with E-state index in [-0.39, 0.29) is 6.10 Å². The Morgan fingerprint density at radius 3 is 2.76 bits per heavy atom. The Labute approximate surface area is 126 Å². The summed E-state index contributed by atoms with van der Waals surface area (Å²) in [5, 5.41) is 7.73. The van der Waals surface area contributed by atoms with Crippen LogP contribution >= 0.6 is 0 Å². The van der Waals surface area contributed by atoms with Gasteiger partial charge in [-0.2, -0.15) is 5.10 Å². The van der Waals surface area contributed by atoms with E-state index in [1.165, 1.54) is 0 Å². The van der Waals surface area contributed by atoms with Gasteiger partial charge in [-0.05, 0) is 31.9 Å². The summed E-state index contributed by atoms with van der Waals surface area (Å²) in [6.45, 7) is 6.21. The van der Waals surface area contributed by atoms with Gasteiger partial charge in [0.1, 0.15) is 5.75 Å². The Morgan fingerprint density at radius 2 is 2.14 bits per heavy atom. The first kappa shape index (κ1) is 15.2. The van der Waals surface area contributed by atoms with Crippen molar-refractivity contribution in [2.24, 2.45) is 7.05 Å². The molecule has 0 radical (unpaired) electrons. The highest BCUT2D eigenvalue weighted by Crippen LogP contribution is 2.28. The van der Waals surface area contributed by atoms with Gasteiger partial charge in [0.15, 0.2) is 5.82 Å². The molecule has 1 heterocycles. The minimum absolute atomic E-state index is 0.203. The van der Waals surface area contributed by atoms with Gasteiger partial charge in [0, 0.05) is 18.8 Å². The summed E-state index contributed by atoms with van der Waals surface area (Å²) in [7, 11) is 1.89. The average molecular weight is 288 g/mol. The predicted octanol–water partition coefficient (Wildman–Crippen LogP) is 3.49. The third kappa shape index (κ3) is 3.48. The number of benzene rings is 1. The Hall–Kier alpha value is -2.17. The summed E-state index contributed by atoms with van der Waals surface area (Å²) in [6, 6.07) is 7.89. The van der Waals surface area contributed by atoms with Crippen molar-refractivity contribution in [3.05, 3.63) is 30.0 Å². The third-order valence-corrected chi connectivity index (χ3v) is 3.50. The van der Waals surface area contributed by atoms with Crippen molar-refractivity contribution >= 4 is 17.2 Å². The smallest absolute Gasteiger partial charge is 0.152 e. The number of nitrogens with zero attached hydrogens (tertiary/aromatic N) is 2. The van der Waals surface area contributed by atoms with Crippen LogP contribution in [-0.4, -0.2) is 15.9 Å². The molecule has 1 aromatic carbocycles. The molecular formula is C16H24N4O. The molecule has 1 unspecified atom stereocenters. The molecule has 0 fully saturated rings. The second-order valence-electron chi connectivity index (χ2n) is 5.18. The maximum atomic E-state index is 6.13. The molecule has 114 valence electrons. The fourth-order valence-corrected chi connectivity index (χ4v) is 2.10. The number of ether oxygens (including phenoxy) is 1. The first-order valence-corrected chi connectivity index (χ1v) is 7.40. The molecule has 0 bridgehead atoms. The van der Waals surface area contributed by atoms with E-state index < -0.39 is 0 Å². The topological polar surface area (TPSA) is 65.1 Å². The Bertz CT molecular complexity index is 606. The summed E-state index contributed by atoms with van der Waals surface area (Å²) in [5.41, 5.74) is 8.68. The molecule has 5 heteroatoms. The first-order chi connectivity index (χ1) is 10.0. The van der Waals surface area contributed by atoms with Gasteiger partial charge in [-0.1, -0.05) is 19.9 Å². The van der Waals surface area contributed by atoms with E-state index in [0.717, 1.165) is 35.8 Å². The second kappa shape index (κ2) is 6.52. The zero-order valence-corrected chi connectivity index (χ0v) is 13.2. The maximum absolute atomic E-state index is 6.13. The van der Waals surface area contributed by atoms with Gasteiger partial charge in [-0.15, -0.1) is 0 Å². The van der Waals surface area contributed by atoms with Gasteiger partial charge in [-0.25, -0.2) is 0 Å². The van der Waals surface area contributed by atoms with E-state index in [4.69, 9.17) is 10.5 Å². The molecule has 0 amide bonds. The molecule has 1 aromatic heterocycles. The standard InChI is InChI=1S/C16H24N4O/c1-5-11(3)21-13-9-7-8-12(10-13)18-16-15(17)14(6-2)19-20(16)4/h7-11,18H,5-6,17H2,1-4H3. The van der Waals surface area contributed by atoms with E-state index >= 15 is 0 Å². The molecule has 0 aliphatic heterocycles. The summed E-state index contributed by atoms with van der Waals surface area (Å²) in [6.07, 6.45) is 2.00. The number of nitrogen functional groups attached to an aromatic ring is 1. The number of hydrogen-bond donors (Lipinski definition) is 2. The van der Waals surface area contributed by atoms with Gasteiger partial charge < -0.3 is 15.8 Å². The van der Waals surface area contributed by atoms with Crippen molar-refractivity contribution in [3.63, 3.8) is 0 Å². The van der Waals surface area contributed by atoms with Crippen LogP contribution in [0.4, 0.5) is 17.2 Å². The lowest BCUT2D eigenvalue weighted by atomic mass is 10.2. The van der Waals surface area contributed by atoms with Crippen molar-refractivity contribution in [1.82, 2.24) is 9.78 Å². The number of aromatic nitrogens is 2. The molecule has 2 aromatic rings. The summed E-state index contributed by atoms with van der Waals surface area (Å²) in [4.78, 5) is 0. The number of nitrogens with one attached hydrogen (secondary N) is 1. The van der Waals surface area contributed by atoms with Crippen molar-refractivity contribution < 1.29 is 4.74 Å². The number of rotatable bonds is 6. The molecule has 2 rings (SSSR count). The lowest BCUT2D eigenvalue weighted by molar-refractivity contribution is 0.217. The van der Waals surface area contributed by atoms with Crippen LogP contribution in [0.1, 0.15) is 32.9 Å². The summed E-state index contributed by atoms with van der Waals surface area (Å²) < 4.78 is 7.61. The zero-order valence-electron chi connectivity index (χ0n) is 13.2. The largest absolute Gasteiger partial charge is 0.491 e. The highest BCUT2D eigenvalue weighted by molar-refractivity contribution is 5.71. The quantitative estimate of drug-likeness (QED) is 0.854. The molecule has 5 nitrogen and oxygen atoms in total. The minimum Gasteiger partial charge on any atom is -0.491 e. The lowest BCUT2D eigenvalue weighted by Crippen LogP contribution is -2.09. The van der Waals surface area contributed by atoms with Gasteiger partial charge in [0.2, 0.25) is 0 Å². The van der Waals surface area contributed by atoms with E-state index in [0.29, 0.717) is 5.69 Å². The molecule has 0 saturated heterocycles. The number of hydrogen-bond acceptors (Lipinski definition) is 4. The van der Waals surface area contributed by atoms with Crippen LogP contribution in [0.5, 0.6) is 5.75 Å². The fourth-order valence-electron chi connectivity index (χ4n) is 2.10. The van der Waals surface area contributed by atoms with E-state index in [1.807, 2.05) is 38.2 Å². The maximum Gasteiger partial charge on any atom is 0.152 e. The van der Waals surface area contributed by atoms with Crippen LogP contribution < -0.4 is 15.8 Å².